The Hall–Kier alpha value is -5.34. The Morgan fingerprint density at radius 3 is 2.08 bits per heavy atom. The van der Waals surface area contributed by atoms with Gasteiger partial charge >= 0.3 is 29.8 Å². The van der Waals surface area contributed by atoms with Gasteiger partial charge in [0.05, 0.1) is 12.7 Å². The standard InChI is InChI=1S/C22H20ClF2N9O2.C4F6O2/c1-33-20(30-31-32-33)15-7-3-2-6-14(15)10-27-18(35)12-34-17(23)11-28-19(21(34)36)29-13-22(24,25)16-8-4-5-9-26-16;5-3(6,7)1(11)2(12)4(8,9)10/h2-9,11H,10,12-13H2,1H3,(H,27,35)(H,28,29);. The number of anilines is 1. The fourth-order valence-corrected chi connectivity index (χ4v) is 3.79. The third kappa shape index (κ3) is 9.59. The zero-order valence-electron chi connectivity index (χ0n) is 24.0. The second-order valence-corrected chi connectivity index (χ2v) is 9.69. The van der Waals surface area contributed by atoms with Crippen LogP contribution in [0.2, 0.25) is 5.15 Å². The van der Waals surface area contributed by atoms with E-state index in [2.05, 4.69) is 36.1 Å². The summed E-state index contributed by atoms with van der Waals surface area (Å²) in [5, 5.41) is 16.3. The minimum Gasteiger partial charge on any atom is -0.359 e. The van der Waals surface area contributed by atoms with E-state index in [1.807, 2.05) is 12.1 Å². The summed E-state index contributed by atoms with van der Waals surface area (Å²) in [4.78, 5) is 52.1. The molecule has 0 aliphatic carbocycles. The van der Waals surface area contributed by atoms with Crippen LogP contribution in [0.5, 0.6) is 0 Å². The van der Waals surface area contributed by atoms with E-state index >= 15 is 0 Å². The molecule has 1 aromatic carbocycles. The average Bonchev–Trinajstić information content (AvgIpc) is 3.46. The molecule has 0 radical (unpaired) electrons. The Kier molecular flexibility index (Phi) is 11.6. The number of hydrogen-bond donors (Lipinski definition) is 2. The maximum Gasteiger partial charge on any atom is 0.458 e. The number of carbonyl (C=O) groups is 3. The van der Waals surface area contributed by atoms with Crippen LogP contribution < -0.4 is 16.2 Å². The summed E-state index contributed by atoms with van der Waals surface area (Å²) in [6.07, 6.45) is -9.19. The van der Waals surface area contributed by atoms with E-state index in [0.29, 0.717) is 5.82 Å². The Morgan fingerprint density at radius 2 is 1.52 bits per heavy atom. The van der Waals surface area contributed by atoms with Crippen molar-refractivity contribution in [3.63, 3.8) is 0 Å². The van der Waals surface area contributed by atoms with Crippen molar-refractivity contribution in [2.24, 2.45) is 7.05 Å². The van der Waals surface area contributed by atoms with E-state index in [4.69, 9.17) is 11.6 Å². The molecule has 0 fully saturated rings. The molecule has 0 saturated heterocycles. The lowest BCUT2D eigenvalue weighted by Gasteiger charge is -2.17. The zero-order chi connectivity index (χ0) is 35.9. The van der Waals surface area contributed by atoms with Crippen molar-refractivity contribution in [1.82, 2.24) is 40.1 Å². The predicted molar refractivity (Wildman–Crippen MR) is 148 cm³/mol. The molecule has 0 atom stereocenters. The van der Waals surface area contributed by atoms with Gasteiger partial charge in [0.1, 0.15) is 17.4 Å². The predicted octanol–water partition coefficient (Wildman–Crippen LogP) is 3.25. The van der Waals surface area contributed by atoms with Gasteiger partial charge in [-0.3, -0.25) is 28.7 Å². The van der Waals surface area contributed by atoms with E-state index in [-0.39, 0.29) is 17.5 Å². The molecule has 4 rings (SSSR count). The number of ketones is 2. The van der Waals surface area contributed by atoms with E-state index in [9.17, 15) is 54.3 Å². The minimum atomic E-state index is -5.77. The number of tetrazole rings is 1. The van der Waals surface area contributed by atoms with Crippen molar-refractivity contribution < 1.29 is 49.5 Å². The molecule has 0 aliphatic heterocycles. The molecule has 0 saturated carbocycles. The lowest BCUT2D eigenvalue weighted by Crippen LogP contribution is -2.39. The van der Waals surface area contributed by atoms with Crippen LogP contribution in [0.4, 0.5) is 40.9 Å². The highest BCUT2D eigenvalue weighted by Gasteiger charge is 2.54. The maximum absolute atomic E-state index is 14.4. The molecular weight excluding hydrogens is 690 g/mol. The van der Waals surface area contributed by atoms with Gasteiger partial charge in [0.25, 0.3) is 5.56 Å². The molecule has 0 bridgehead atoms. The van der Waals surface area contributed by atoms with Gasteiger partial charge < -0.3 is 10.6 Å². The first-order valence-electron chi connectivity index (χ1n) is 12.9. The van der Waals surface area contributed by atoms with Crippen LogP contribution in [0.3, 0.4) is 0 Å². The van der Waals surface area contributed by atoms with Crippen molar-refractivity contribution in [3.8, 4) is 11.4 Å². The quantitative estimate of drug-likeness (QED) is 0.184. The topological polar surface area (TPSA) is 167 Å². The number of Topliss-reactive ketones (excluding diaryl/α,β-unsaturated/α-hetero) is 2. The number of nitrogens with one attached hydrogen (secondary N) is 2. The molecule has 48 heavy (non-hydrogen) atoms. The van der Waals surface area contributed by atoms with Gasteiger partial charge in [0.15, 0.2) is 11.6 Å². The van der Waals surface area contributed by atoms with Gasteiger partial charge in [-0.15, -0.1) is 5.10 Å². The van der Waals surface area contributed by atoms with E-state index in [0.717, 1.165) is 21.9 Å². The fraction of sp³-hybridized carbons (Fsp3) is 0.269. The monoisotopic (exact) mass is 709 g/mol. The molecule has 4 aromatic rings. The van der Waals surface area contributed by atoms with E-state index in [1.54, 1.807) is 19.2 Å². The van der Waals surface area contributed by atoms with Crippen LogP contribution >= 0.6 is 11.6 Å². The summed E-state index contributed by atoms with van der Waals surface area (Å²) in [6.45, 7) is -1.24. The fourth-order valence-electron chi connectivity index (χ4n) is 3.60. The van der Waals surface area contributed by atoms with Crippen LogP contribution in [0, 0.1) is 0 Å². The number of aromatic nitrogens is 7. The molecule has 22 heteroatoms. The van der Waals surface area contributed by atoms with Gasteiger partial charge in [0.2, 0.25) is 5.91 Å². The summed E-state index contributed by atoms with van der Waals surface area (Å²) in [6, 6.07) is 11.4. The lowest BCUT2D eigenvalue weighted by molar-refractivity contribution is -0.193. The summed E-state index contributed by atoms with van der Waals surface area (Å²) < 4.78 is 98.2. The summed E-state index contributed by atoms with van der Waals surface area (Å²) in [5.41, 5.74) is 0.198. The highest BCUT2D eigenvalue weighted by molar-refractivity contribution is 6.41. The first-order chi connectivity index (χ1) is 22.3. The number of hydrogen-bond acceptors (Lipinski definition) is 10. The Balaban J connectivity index is 0.000000444. The first-order valence-corrected chi connectivity index (χ1v) is 13.3. The molecule has 0 unspecified atom stereocenters. The van der Waals surface area contributed by atoms with Crippen molar-refractivity contribution in [2.75, 3.05) is 11.9 Å². The average molecular weight is 710 g/mol. The van der Waals surface area contributed by atoms with Crippen LogP contribution in [-0.4, -0.2) is 71.1 Å². The molecule has 0 spiro atoms. The molecule has 256 valence electrons. The second kappa shape index (κ2) is 15.0. The van der Waals surface area contributed by atoms with Crippen LogP contribution in [0.25, 0.3) is 11.4 Å². The van der Waals surface area contributed by atoms with Crippen LogP contribution in [0.15, 0.2) is 59.7 Å². The Labute approximate surface area is 267 Å². The molecule has 3 heterocycles. The number of halogens is 9. The molecular formula is C26H20ClF8N9O4. The SMILES string of the molecule is Cn1nnnc1-c1ccccc1CNC(=O)Cn1c(Cl)cnc(NCC(F)(F)c2ccccn2)c1=O.O=C(C(=O)C(F)(F)F)C(F)(F)F. The molecule has 0 aliphatic rings. The van der Waals surface area contributed by atoms with E-state index in [1.165, 1.54) is 29.1 Å². The number of carbonyl (C=O) groups excluding carboxylic acids is 3. The third-order valence-corrected chi connectivity index (χ3v) is 6.20. The Morgan fingerprint density at radius 1 is 0.896 bits per heavy atom. The van der Waals surface area contributed by atoms with Gasteiger partial charge in [-0.25, -0.2) is 9.67 Å². The van der Waals surface area contributed by atoms with Gasteiger partial charge in [0, 0.05) is 25.4 Å². The van der Waals surface area contributed by atoms with Crippen molar-refractivity contribution >= 4 is 34.9 Å². The normalized spacial score (nSPS) is 11.7. The molecule has 2 N–H and O–H groups in total. The van der Waals surface area contributed by atoms with E-state index < -0.39 is 60.1 Å². The highest BCUT2D eigenvalue weighted by atomic mass is 35.5. The summed E-state index contributed by atoms with van der Waals surface area (Å²) in [7, 11) is 1.69. The van der Waals surface area contributed by atoms with Crippen molar-refractivity contribution in [1.29, 1.82) is 0 Å². The number of rotatable bonds is 10. The first kappa shape index (κ1) is 37.1. The van der Waals surface area contributed by atoms with Crippen LogP contribution in [-0.2, 0) is 40.4 Å². The number of benzene rings is 1. The smallest absolute Gasteiger partial charge is 0.359 e. The number of nitrogens with zero attached hydrogens (tertiary/aromatic N) is 7. The van der Waals surface area contributed by atoms with Crippen molar-refractivity contribution in [3.05, 3.63) is 81.6 Å². The molecule has 3 aromatic heterocycles. The maximum atomic E-state index is 14.4. The number of amides is 1. The van der Waals surface area contributed by atoms with Gasteiger partial charge in [-0.1, -0.05) is 41.9 Å². The number of pyridine rings is 1. The third-order valence-electron chi connectivity index (χ3n) is 5.90. The lowest BCUT2D eigenvalue weighted by atomic mass is 10.1. The van der Waals surface area contributed by atoms with Gasteiger partial charge in [-0.05, 0) is 28.1 Å². The zero-order valence-corrected chi connectivity index (χ0v) is 24.7. The highest BCUT2D eigenvalue weighted by Crippen LogP contribution is 2.26. The largest absolute Gasteiger partial charge is 0.458 e. The molecule has 1 amide bonds. The second-order valence-electron chi connectivity index (χ2n) is 9.31. The molecule has 13 nitrogen and oxygen atoms in total. The number of alkyl halides is 8. The minimum absolute atomic E-state index is 0.122. The van der Waals surface area contributed by atoms with Gasteiger partial charge in [-0.2, -0.15) is 35.1 Å². The number of aryl methyl sites for hydroxylation is 1. The summed E-state index contributed by atoms with van der Waals surface area (Å²) in [5.74, 6) is -10.6. The Bertz CT molecular complexity index is 1810. The summed E-state index contributed by atoms with van der Waals surface area (Å²) >= 11 is 6.07. The van der Waals surface area contributed by atoms with Crippen LogP contribution in [0.1, 0.15) is 11.3 Å². The van der Waals surface area contributed by atoms with Crippen molar-refractivity contribution in [2.45, 2.75) is 31.4 Å².